The number of hydrogen-bond acceptors (Lipinski definition) is 2. The Morgan fingerprint density at radius 2 is 2.05 bits per heavy atom. The molecule has 0 fully saturated rings. The first-order valence-electron chi connectivity index (χ1n) is 6.46. The average Bonchev–Trinajstić information content (AvgIpc) is 2.82. The third-order valence-electron chi connectivity index (χ3n) is 3.11. The van der Waals surface area contributed by atoms with Crippen LogP contribution in [0.5, 0.6) is 0 Å². The zero-order valence-electron chi connectivity index (χ0n) is 11.3. The number of rotatable bonds is 5. The minimum Gasteiger partial charge on any atom is -0.467 e. The highest BCUT2D eigenvalue weighted by Gasteiger charge is 2.23. The normalized spacial score (nSPS) is 12.7. The summed E-state index contributed by atoms with van der Waals surface area (Å²) in [5.74, 6) is -0.351. The van der Waals surface area contributed by atoms with E-state index < -0.39 is 17.7 Å². The van der Waals surface area contributed by atoms with Crippen molar-refractivity contribution in [3.05, 3.63) is 57.5 Å². The van der Waals surface area contributed by atoms with Gasteiger partial charge in [0.25, 0.3) is 0 Å². The van der Waals surface area contributed by atoms with Crippen LogP contribution in [0.2, 0.25) is 0 Å². The summed E-state index contributed by atoms with van der Waals surface area (Å²) in [4.78, 5) is 0. The van der Waals surface area contributed by atoms with Crippen molar-refractivity contribution in [1.29, 1.82) is 0 Å². The molecule has 2 aromatic rings. The highest BCUT2D eigenvalue weighted by Crippen LogP contribution is 2.30. The first-order valence-corrected chi connectivity index (χ1v) is 7.25. The predicted octanol–water partition coefficient (Wildman–Crippen LogP) is 4.72. The van der Waals surface area contributed by atoms with Gasteiger partial charge in [0.2, 0.25) is 0 Å². The van der Waals surface area contributed by atoms with E-state index in [0.29, 0.717) is 12.3 Å². The molecule has 0 aliphatic carbocycles. The lowest BCUT2D eigenvalue weighted by molar-refractivity contribution is 0.431. The van der Waals surface area contributed by atoms with Crippen molar-refractivity contribution in [2.24, 2.45) is 0 Å². The van der Waals surface area contributed by atoms with Crippen LogP contribution >= 0.6 is 15.9 Å². The van der Waals surface area contributed by atoms with Gasteiger partial charge in [-0.25, -0.2) is 8.78 Å². The molecule has 0 radical (unpaired) electrons. The highest BCUT2D eigenvalue weighted by atomic mass is 79.9. The second kappa shape index (κ2) is 6.50. The van der Waals surface area contributed by atoms with Crippen molar-refractivity contribution in [2.75, 3.05) is 6.54 Å². The number of halogens is 3. The Morgan fingerprint density at radius 1 is 1.30 bits per heavy atom. The molecule has 1 heterocycles. The minimum atomic E-state index is -0.493. The molecule has 0 aliphatic heterocycles. The van der Waals surface area contributed by atoms with Gasteiger partial charge in [-0.3, -0.25) is 0 Å². The molecule has 0 bridgehead atoms. The second-order valence-corrected chi connectivity index (χ2v) is 5.50. The number of hydrogen-bond donors (Lipinski definition) is 1. The van der Waals surface area contributed by atoms with Crippen LogP contribution in [0.25, 0.3) is 0 Å². The van der Waals surface area contributed by atoms with Crippen LogP contribution in [0.3, 0.4) is 0 Å². The first-order chi connectivity index (χ1) is 9.54. The zero-order chi connectivity index (χ0) is 14.7. The Hall–Kier alpha value is -1.20. The molecule has 0 saturated heterocycles. The lowest BCUT2D eigenvalue weighted by Crippen LogP contribution is -2.24. The van der Waals surface area contributed by atoms with E-state index in [9.17, 15) is 8.78 Å². The molecule has 0 spiro atoms. The molecule has 0 amide bonds. The SMILES string of the molecule is CCCNC(c1cc(F)c(Br)cc1F)c1occc1C. The van der Waals surface area contributed by atoms with Gasteiger partial charge in [0, 0.05) is 5.56 Å². The van der Waals surface area contributed by atoms with Crippen LogP contribution in [0.1, 0.15) is 36.3 Å². The van der Waals surface area contributed by atoms with E-state index in [0.717, 1.165) is 18.1 Å². The van der Waals surface area contributed by atoms with Crippen molar-refractivity contribution < 1.29 is 13.2 Å². The Morgan fingerprint density at radius 3 is 2.65 bits per heavy atom. The maximum atomic E-state index is 14.2. The summed E-state index contributed by atoms with van der Waals surface area (Å²) in [7, 11) is 0. The monoisotopic (exact) mass is 343 g/mol. The molecule has 1 atom stereocenters. The van der Waals surface area contributed by atoms with Crippen molar-refractivity contribution in [3.63, 3.8) is 0 Å². The van der Waals surface area contributed by atoms with Gasteiger partial charge in [0.15, 0.2) is 0 Å². The summed E-state index contributed by atoms with van der Waals surface area (Å²) < 4.78 is 33.4. The standard InChI is InChI=1S/C15H16BrF2NO/c1-3-5-19-14(15-9(2)4-6-20-15)10-7-13(18)11(16)8-12(10)17/h4,6-8,14,19H,3,5H2,1-2H3. The van der Waals surface area contributed by atoms with Crippen LogP contribution in [0, 0.1) is 18.6 Å². The number of furan rings is 1. The van der Waals surface area contributed by atoms with Gasteiger partial charge in [-0.05, 0) is 59.6 Å². The van der Waals surface area contributed by atoms with E-state index in [1.54, 1.807) is 6.26 Å². The number of benzene rings is 1. The molecular weight excluding hydrogens is 328 g/mol. The largest absolute Gasteiger partial charge is 0.467 e. The van der Waals surface area contributed by atoms with Gasteiger partial charge in [-0.15, -0.1) is 0 Å². The molecule has 2 rings (SSSR count). The lowest BCUT2D eigenvalue weighted by Gasteiger charge is -2.19. The first kappa shape index (κ1) is 15.2. The Balaban J connectivity index is 2.46. The molecule has 1 aromatic heterocycles. The molecule has 1 N–H and O–H groups in total. The third kappa shape index (κ3) is 3.10. The topological polar surface area (TPSA) is 25.2 Å². The molecule has 1 unspecified atom stereocenters. The fraction of sp³-hybridized carbons (Fsp3) is 0.333. The van der Waals surface area contributed by atoms with Crippen molar-refractivity contribution in [1.82, 2.24) is 5.32 Å². The van der Waals surface area contributed by atoms with E-state index >= 15 is 0 Å². The summed E-state index contributed by atoms with van der Waals surface area (Å²) in [6.07, 6.45) is 2.44. The summed E-state index contributed by atoms with van der Waals surface area (Å²) >= 11 is 2.99. The quantitative estimate of drug-likeness (QED) is 0.794. The summed E-state index contributed by atoms with van der Waals surface area (Å²) in [5, 5.41) is 3.20. The maximum absolute atomic E-state index is 14.2. The van der Waals surface area contributed by atoms with Crippen LogP contribution in [0.4, 0.5) is 8.78 Å². The summed E-state index contributed by atoms with van der Waals surface area (Å²) in [6, 6.07) is 3.66. The molecule has 0 aliphatic rings. The Kier molecular flexibility index (Phi) is 4.94. The van der Waals surface area contributed by atoms with E-state index in [-0.39, 0.29) is 10.0 Å². The molecule has 20 heavy (non-hydrogen) atoms. The average molecular weight is 344 g/mol. The van der Waals surface area contributed by atoms with Crippen LogP contribution in [-0.4, -0.2) is 6.54 Å². The second-order valence-electron chi connectivity index (χ2n) is 4.64. The van der Waals surface area contributed by atoms with Crippen molar-refractivity contribution in [3.8, 4) is 0 Å². The summed E-state index contributed by atoms with van der Waals surface area (Å²) in [6.45, 7) is 4.58. The van der Waals surface area contributed by atoms with Crippen molar-refractivity contribution in [2.45, 2.75) is 26.3 Å². The van der Waals surface area contributed by atoms with Crippen LogP contribution < -0.4 is 5.32 Å². The van der Waals surface area contributed by atoms with Crippen LogP contribution in [0.15, 0.2) is 33.4 Å². The van der Waals surface area contributed by atoms with E-state index in [1.165, 1.54) is 6.07 Å². The Bertz CT molecular complexity index is 598. The Labute approximate surface area is 125 Å². The lowest BCUT2D eigenvalue weighted by atomic mass is 10.0. The molecule has 5 heteroatoms. The highest BCUT2D eigenvalue weighted by molar-refractivity contribution is 9.10. The fourth-order valence-electron chi connectivity index (χ4n) is 2.07. The maximum Gasteiger partial charge on any atom is 0.137 e. The zero-order valence-corrected chi connectivity index (χ0v) is 12.9. The minimum absolute atomic E-state index is 0.115. The number of aryl methyl sites for hydroxylation is 1. The van der Waals surface area contributed by atoms with Gasteiger partial charge >= 0.3 is 0 Å². The van der Waals surface area contributed by atoms with Gasteiger partial charge in [-0.1, -0.05) is 6.92 Å². The van der Waals surface area contributed by atoms with E-state index in [4.69, 9.17) is 4.42 Å². The predicted molar refractivity (Wildman–Crippen MR) is 77.6 cm³/mol. The number of nitrogens with one attached hydrogen (secondary N) is 1. The molecule has 1 aromatic carbocycles. The molecule has 0 saturated carbocycles. The van der Waals surface area contributed by atoms with Crippen molar-refractivity contribution >= 4 is 15.9 Å². The summed E-state index contributed by atoms with van der Waals surface area (Å²) in [5.41, 5.74) is 1.15. The molecule has 2 nitrogen and oxygen atoms in total. The van der Waals surface area contributed by atoms with Gasteiger partial charge < -0.3 is 9.73 Å². The molecular formula is C15H16BrF2NO. The molecule has 108 valence electrons. The fourth-order valence-corrected chi connectivity index (χ4v) is 2.39. The van der Waals surface area contributed by atoms with Gasteiger partial charge in [-0.2, -0.15) is 0 Å². The van der Waals surface area contributed by atoms with Gasteiger partial charge in [0.1, 0.15) is 17.4 Å². The van der Waals surface area contributed by atoms with E-state index in [1.807, 2.05) is 19.9 Å². The van der Waals surface area contributed by atoms with E-state index in [2.05, 4.69) is 21.2 Å². The smallest absolute Gasteiger partial charge is 0.137 e. The van der Waals surface area contributed by atoms with Gasteiger partial charge in [0.05, 0.1) is 16.8 Å². The third-order valence-corrected chi connectivity index (χ3v) is 3.72. The van der Waals surface area contributed by atoms with Crippen LogP contribution in [-0.2, 0) is 0 Å².